The van der Waals surface area contributed by atoms with Crippen LogP contribution in [0.1, 0.15) is 38.2 Å². The molecule has 1 aromatic carbocycles. The van der Waals surface area contributed by atoms with Crippen LogP contribution in [0, 0.1) is 29.6 Å². The van der Waals surface area contributed by atoms with Crippen LogP contribution in [0.3, 0.4) is 0 Å². The maximum atomic E-state index is 12.1. The van der Waals surface area contributed by atoms with Crippen molar-refractivity contribution < 1.29 is 23.2 Å². The summed E-state index contributed by atoms with van der Waals surface area (Å²) < 4.78 is 24.0. The minimum atomic E-state index is -3.78. The molecule has 0 radical (unpaired) electrons. The summed E-state index contributed by atoms with van der Waals surface area (Å²) in [7, 11) is -3.78. The highest BCUT2D eigenvalue weighted by Crippen LogP contribution is 2.25. The normalized spacial score (nSPS) is 19.1. The van der Waals surface area contributed by atoms with Crippen molar-refractivity contribution in [3.05, 3.63) is 30.0 Å². The number of hydrogen-bond donors (Lipinski definition) is 4. The molecule has 1 aromatic heterocycles. The molecule has 1 aliphatic rings. The summed E-state index contributed by atoms with van der Waals surface area (Å²) in [4.78, 5) is 23.4. The number of aromatic nitrogens is 2. The van der Waals surface area contributed by atoms with Crippen LogP contribution in [0.4, 0.5) is 0 Å². The predicted octanol–water partition coefficient (Wildman–Crippen LogP) is 0.334. The number of sulfone groups is 1. The van der Waals surface area contributed by atoms with Gasteiger partial charge in [-0.1, -0.05) is 11.8 Å². The zero-order valence-electron chi connectivity index (χ0n) is 19.7. The number of nitrogens with zero attached hydrogens (tertiary/aromatic N) is 2. The SMILES string of the molecule is C[C@@](CCn1cc2cc(C#CC#CC3CCC(NC(=O)CN)C3)ccc2n1)(C(=O)NO)S(C)(=O)=O. The Labute approximate surface area is 204 Å². The molecular formula is C24H29N5O5S. The van der Waals surface area contributed by atoms with Gasteiger partial charge in [-0.25, -0.2) is 13.9 Å². The van der Waals surface area contributed by atoms with E-state index in [2.05, 4.69) is 34.1 Å². The van der Waals surface area contributed by atoms with Crippen molar-refractivity contribution in [1.82, 2.24) is 20.6 Å². The van der Waals surface area contributed by atoms with Crippen LogP contribution in [0.5, 0.6) is 0 Å². The monoisotopic (exact) mass is 499 g/mol. The number of rotatable bonds is 7. The van der Waals surface area contributed by atoms with Gasteiger partial charge in [0, 0.05) is 41.9 Å². The highest BCUT2D eigenvalue weighted by molar-refractivity contribution is 7.92. The second kappa shape index (κ2) is 10.9. The van der Waals surface area contributed by atoms with Gasteiger partial charge in [0.05, 0.1) is 12.1 Å². The highest BCUT2D eigenvalue weighted by Gasteiger charge is 2.43. The smallest absolute Gasteiger partial charge is 0.264 e. The molecule has 2 aromatic rings. The Morgan fingerprint density at radius 2 is 2.09 bits per heavy atom. The third-order valence-corrected chi connectivity index (χ3v) is 8.33. The number of nitrogens with two attached hydrogens (primary N) is 1. The van der Waals surface area contributed by atoms with E-state index < -0.39 is 20.5 Å². The molecule has 0 aliphatic heterocycles. The van der Waals surface area contributed by atoms with E-state index in [0.29, 0.717) is 5.52 Å². The molecule has 1 heterocycles. The first-order chi connectivity index (χ1) is 16.6. The van der Waals surface area contributed by atoms with Crippen LogP contribution >= 0.6 is 0 Å². The summed E-state index contributed by atoms with van der Waals surface area (Å²) in [6.45, 7) is 1.42. The minimum Gasteiger partial charge on any atom is -0.352 e. The number of nitrogens with one attached hydrogen (secondary N) is 2. The maximum Gasteiger partial charge on any atom is 0.264 e. The van der Waals surface area contributed by atoms with Crippen molar-refractivity contribution in [2.45, 2.75) is 49.9 Å². The number of amides is 2. The van der Waals surface area contributed by atoms with Gasteiger partial charge in [0.25, 0.3) is 5.91 Å². The highest BCUT2D eigenvalue weighted by atomic mass is 32.2. The second-order valence-electron chi connectivity index (χ2n) is 8.86. The first-order valence-corrected chi connectivity index (χ1v) is 13.1. The van der Waals surface area contributed by atoms with E-state index >= 15 is 0 Å². The van der Waals surface area contributed by atoms with E-state index in [1.54, 1.807) is 16.9 Å². The number of fused-ring (bicyclic) bond motifs is 1. The Morgan fingerprint density at radius 1 is 1.31 bits per heavy atom. The molecule has 3 atom stereocenters. The first kappa shape index (κ1) is 26.2. The van der Waals surface area contributed by atoms with Crippen molar-refractivity contribution in [2.24, 2.45) is 11.7 Å². The molecule has 2 unspecified atom stereocenters. The zero-order chi connectivity index (χ0) is 25.6. The molecule has 35 heavy (non-hydrogen) atoms. The minimum absolute atomic E-state index is 0.0114. The Morgan fingerprint density at radius 3 is 2.77 bits per heavy atom. The molecule has 10 nitrogen and oxygen atoms in total. The van der Waals surface area contributed by atoms with E-state index in [-0.39, 0.29) is 37.4 Å². The van der Waals surface area contributed by atoms with E-state index in [0.717, 1.165) is 36.5 Å². The van der Waals surface area contributed by atoms with Gasteiger partial charge in [-0.2, -0.15) is 5.10 Å². The van der Waals surface area contributed by atoms with Crippen molar-refractivity contribution in [3.63, 3.8) is 0 Å². The maximum absolute atomic E-state index is 12.1. The van der Waals surface area contributed by atoms with Crippen LogP contribution in [0.2, 0.25) is 0 Å². The fraction of sp³-hybridized carbons (Fsp3) is 0.458. The molecule has 3 rings (SSSR count). The number of hydrogen-bond acceptors (Lipinski definition) is 7. The average Bonchev–Trinajstić information content (AvgIpc) is 3.44. The van der Waals surface area contributed by atoms with Gasteiger partial charge in [0.2, 0.25) is 5.91 Å². The van der Waals surface area contributed by atoms with E-state index in [4.69, 9.17) is 10.9 Å². The molecular weight excluding hydrogens is 470 g/mol. The van der Waals surface area contributed by atoms with Gasteiger partial charge in [-0.15, -0.1) is 0 Å². The molecule has 11 heteroatoms. The van der Waals surface area contributed by atoms with Gasteiger partial charge in [0.15, 0.2) is 14.6 Å². The lowest BCUT2D eigenvalue weighted by Gasteiger charge is -2.24. The fourth-order valence-corrected chi connectivity index (χ4v) is 4.80. The summed E-state index contributed by atoms with van der Waals surface area (Å²) >= 11 is 0. The van der Waals surface area contributed by atoms with Crippen LogP contribution in [0.25, 0.3) is 10.9 Å². The molecule has 0 saturated heterocycles. The lowest BCUT2D eigenvalue weighted by Crippen LogP contribution is -2.49. The van der Waals surface area contributed by atoms with Crippen molar-refractivity contribution in [2.75, 3.05) is 12.8 Å². The molecule has 2 amide bonds. The Kier molecular flexibility index (Phi) is 8.18. The molecule has 1 fully saturated rings. The molecule has 0 spiro atoms. The largest absolute Gasteiger partial charge is 0.352 e. The average molecular weight is 500 g/mol. The van der Waals surface area contributed by atoms with Crippen LogP contribution in [0.15, 0.2) is 24.4 Å². The molecule has 1 aliphatic carbocycles. The predicted molar refractivity (Wildman–Crippen MR) is 131 cm³/mol. The van der Waals surface area contributed by atoms with Gasteiger partial charge < -0.3 is 11.1 Å². The van der Waals surface area contributed by atoms with Crippen molar-refractivity contribution >= 4 is 32.6 Å². The standard InChI is InChI=1S/C24H29N5O5S/c1-24(23(31)28-32,35(2,33)34)11-12-29-16-19-13-17(8-10-21(19)27-29)5-3-4-6-18-7-9-20(14-18)26-22(30)15-25/h8,10,13,16,18,20,32H,7,9,11-12,14-15,25H2,1-2H3,(H,26,30)(H,28,31)/t18?,20?,24-/m1/s1. The fourth-order valence-electron chi connectivity index (χ4n) is 3.95. The van der Waals surface area contributed by atoms with E-state index in [1.165, 1.54) is 12.4 Å². The van der Waals surface area contributed by atoms with E-state index in [9.17, 15) is 18.0 Å². The topological polar surface area (TPSA) is 156 Å². The summed E-state index contributed by atoms with van der Waals surface area (Å²) in [6.07, 6.45) is 5.23. The third-order valence-electron chi connectivity index (χ3n) is 6.30. The molecule has 186 valence electrons. The van der Waals surface area contributed by atoms with Crippen LogP contribution in [-0.4, -0.2) is 58.8 Å². The molecule has 1 saturated carbocycles. The summed E-state index contributed by atoms with van der Waals surface area (Å²) in [5.41, 5.74) is 8.23. The number of carbonyl (C=O) groups is 2. The number of aryl methyl sites for hydroxylation is 1. The Bertz CT molecular complexity index is 1350. The quantitative estimate of drug-likeness (QED) is 0.243. The lowest BCUT2D eigenvalue weighted by atomic mass is 10.1. The molecule has 0 bridgehead atoms. The zero-order valence-corrected chi connectivity index (χ0v) is 20.5. The second-order valence-corrected chi connectivity index (χ2v) is 11.3. The first-order valence-electron chi connectivity index (χ1n) is 11.2. The van der Waals surface area contributed by atoms with Gasteiger partial charge in [0.1, 0.15) is 0 Å². The summed E-state index contributed by atoms with van der Waals surface area (Å²) in [5.74, 6) is 11.0. The number of hydroxylamine groups is 1. The number of benzene rings is 1. The Balaban J connectivity index is 1.65. The third kappa shape index (κ3) is 6.40. The Hall–Kier alpha value is -3.38. The van der Waals surface area contributed by atoms with Crippen LogP contribution in [-0.2, 0) is 26.0 Å². The van der Waals surface area contributed by atoms with Crippen molar-refractivity contribution in [1.29, 1.82) is 0 Å². The lowest BCUT2D eigenvalue weighted by molar-refractivity contribution is -0.131. The van der Waals surface area contributed by atoms with Crippen LogP contribution < -0.4 is 16.5 Å². The van der Waals surface area contributed by atoms with Gasteiger partial charge in [-0.05, 0) is 62.6 Å². The van der Waals surface area contributed by atoms with Gasteiger partial charge in [-0.3, -0.25) is 19.5 Å². The summed E-state index contributed by atoms with van der Waals surface area (Å²) in [6, 6.07) is 5.60. The van der Waals surface area contributed by atoms with Crippen molar-refractivity contribution in [3.8, 4) is 23.7 Å². The molecule has 5 N–H and O–H groups in total. The van der Waals surface area contributed by atoms with Gasteiger partial charge >= 0.3 is 0 Å². The van der Waals surface area contributed by atoms with E-state index in [1.807, 2.05) is 12.1 Å². The number of carbonyl (C=O) groups excluding carboxylic acids is 2. The summed E-state index contributed by atoms with van der Waals surface area (Å²) in [5, 5.41) is 17.1.